The first-order valence-corrected chi connectivity index (χ1v) is 5.75. The van der Waals surface area contributed by atoms with Gasteiger partial charge >= 0.3 is 0 Å². The molecule has 0 spiro atoms. The number of halogens is 1. The number of nitrogens with zero attached hydrogens (tertiary/aromatic N) is 1. The molecule has 2 atom stereocenters. The van der Waals surface area contributed by atoms with Gasteiger partial charge in [0.25, 0.3) is 0 Å². The molecule has 0 aromatic carbocycles. The summed E-state index contributed by atoms with van der Waals surface area (Å²) in [6.07, 6.45) is 2.99. The van der Waals surface area contributed by atoms with E-state index in [2.05, 4.69) is 4.98 Å². The summed E-state index contributed by atoms with van der Waals surface area (Å²) < 4.78 is 5.87. The van der Waals surface area contributed by atoms with Gasteiger partial charge in [0, 0.05) is 19.0 Å². The average Bonchev–Trinajstić information content (AvgIpc) is 2.52. The van der Waals surface area contributed by atoms with Crippen LogP contribution in [0.25, 0.3) is 0 Å². The Hall–Kier alpha value is -0.160. The van der Waals surface area contributed by atoms with Crippen molar-refractivity contribution in [2.45, 2.75) is 31.5 Å². The average molecular weight is 234 g/mol. The highest BCUT2D eigenvalue weighted by Gasteiger charge is 2.36. The quantitative estimate of drug-likeness (QED) is 0.809. The molecule has 0 unspecified atom stereocenters. The van der Waals surface area contributed by atoms with E-state index in [0.29, 0.717) is 23.9 Å². The van der Waals surface area contributed by atoms with Crippen molar-refractivity contribution in [2.75, 3.05) is 6.61 Å². The van der Waals surface area contributed by atoms with Gasteiger partial charge in [0.15, 0.2) is 4.47 Å². The lowest BCUT2D eigenvalue weighted by Crippen LogP contribution is -2.36. The zero-order valence-electron chi connectivity index (χ0n) is 7.86. The Labute approximate surface area is 91.7 Å². The summed E-state index contributed by atoms with van der Waals surface area (Å²) >= 11 is 7.09. The Morgan fingerprint density at radius 2 is 2.57 bits per heavy atom. The third-order valence-electron chi connectivity index (χ3n) is 2.48. The maximum Gasteiger partial charge on any atom is 0.183 e. The third kappa shape index (κ3) is 1.93. The summed E-state index contributed by atoms with van der Waals surface area (Å²) in [7, 11) is 0. The van der Waals surface area contributed by atoms with Crippen LogP contribution in [0.4, 0.5) is 0 Å². The van der Waals surface area contributed by atoms with Gasteiger partial charge in [-0.05, 0) is 6.92 Å². The zero-order valence-corrected chi connectivity index (χ0v) is 9.44. The summed E-state index contributed by atoms with van der Waals surface area (Å²) in [5, 5.41) is 10.4. The van der Waals surface area contributed by atoms with Crippen LogP contribution in [0.5, 0.6) is 0 Å². The van der Waals surface area contributed by atoms with Crippen LogP contribution in [-0.4, -0.2) is 22.8 Å². The van der Waals surface area contributed by atoms with E-state index in [4.69, 9.17) is 16.3 Å². The maximum atomic E-state index is 10.4. The lowest BCUT2D eigenvalue weighted by molar-refractivity contribution is -0.0995. The molecule has 2 rings (SSSR count). The second kappa shape index (κ2) is 3.77. The third-order valence-corrected chi connectivity index (χ3v) is 3.79. The summed E-state index contributed by atoms with van der Waals surface area (Å²) in [5.41, 5.74) is -0.789. The Balaban J connectivity index is 2.22. The predicted molar refractivity (Wildman–Crippen MR) is 55.7 cm³/mol. The summed E-state index contributed by atoms with van der Waals surface area (Å²) in [6.45, 7) is 2.56. The minimum atomic E-state index is -0.789. The highest BCUT2D eigenvalue weighted by Crippen LogP contribution is 2.38. The van der Waals surface area contributed by atoms with E-state index >= 15 is 0 Å². The van der Waals surface area contributed by atoms with Gasteiger partial charge in [-0.25, -0.2) is 4.98 Å². The lowest BCUT2D eigenvalue weighted by atomic mass is 9.90. The van der Waals surface area contributed by atoms with Gasteiger partial charge in [-0.15, -0.1) is 11.3 Å². The summed E-state index contributed by atoms with van der Waals surface area (Å²) in [6, 6.07) is 0. The molecule has 5 heteroatoms. The Morgan fingerprint density at radius 3 is 3.14 bits per heavy atom. The summed E-state index contributed by atoms with van der Waals surface area (Å²) in [4.78, 5) is 4.79. The maximum absolute atomic E-state index is 10.4. The molecule has 1 aromatic rings. The van der Waals surface area contributed by atoms with Crippen LogP contribution in [-0.2, 0) is 10.3 Å². The number of hydrogen-bond acceptors (Lipinski definition) is 4. The fourth-order valence-corrected chi connectivity index (χ4v) is 2.82. The SMILES string of the molecule is C[C@H]1C[C@@](O)(c2cnc(Cl)s2)CCO1. The molecular formula is C9H12ClNO2S. The number of thiazole rings is 1. The molecule has 2 heterocycles. The second-order valence-corrected chi connectivity index (χ2v) is 5.26. The van der Waals surface area contributed by atoms with E-state index in [9.17, 15) is 5.11 Å². The molecule has 1 saturated heterocycles. The molecule has 1 aliphatic rings. The molecule has 14 heavy (non-hydrogen) atoms. The molecule has 3 nitrogen and oxygen atoms in total. The molecule has 1 fully saturated rings. The van der Waals surface area contributed by atoms with E-state index in [1.54, 1.807) is 6.20 Å². The van der Waals surface area contributed by atoms with E-state index in [-0.39, 0.29) is 6.10 Å². The molecule has 0 saturated carbocycles. The number of rotatable bonds is 1. The molecule has 1 N–H and O–H groups in total. The van der Waals surface area contributed by atoms with Crippen LogP contribution >= 0.6 is 22.9 Å². The fourth-order valence-electron chi connectivity index (χ4n) is 1.76. The molecule has 0 radical (unpaired) electrons. The Bertz CT molecular complexity index is 330. The van der Waals surface area contributed by atoms with Gasteiger partial charge in [0.05, 0.1) is 17.6 Å². The monoisotopic (exact) mass is 233 g/mol. The van der Waals surface area contributed by atoms with E-state index in [1.165, 1.54) is 11.3 Å². The van der Waals surface area contributed by atoms with Crippen molar-refractivity contribution >= 4 is 22.9 Å². The Kier molecular flexibility index (Phi) is 2.79. The normalized spacial score (nSPS) is 33.2. The molecular weight excluding hydrogens is 222 g/mol. The van der Waals surface area contributed by atoms with Gasteiger partial charge in [-0.1, -0.05) is 11.6 Å². The van der Waals surface area contributed by atoms with Crippen molar-refractivity contribution in [2.24, 2.45) is 0 Å². The zero-order chi connectivity index (χ0) is 10.2. The van der Waals surface area contributed by atoms with Gasteiger partial charge in [0.1, 0.15) is 5.60 Å². The van der Waals surface area contributed by atoms with Gasteiger partial charge in [0.2, 0.25) is 0 Å². The largest absolute Gasteiger partial charge is 0.384 e. The van der Waals surface area contributed by atoms with Crippen LogP contribution < -0.4 is 0 Å². The van der Waals surface area contributed by atoms with Crippen molar-refractivity contribution in [1.29, 1.82) is 0 Å². The van der Waals surface area contributed by atoms with Gasteiger partial charge in [-0.2, -0.15) is 0 Å². The van der Waals surface area contributed by atoms with Crippen LogP contribution in [0.3, 0.4) is 0 Å². The number of aromatic nitrogens is 1. The minimum Gasteiger partial charge on any atom is -0.384 e. The van der Waals surface area contributed by atoms with Crippen molar-refractivity contribution in [1.82, 2.24) is 4.98 Å². The van der Waals surface area contributed by atoms with Crippen molar-refractivity contribution in [3.63, 3.8) is 0 Å². The van der Waals surface area contributed by atoms with Crippen molar-refractivity contribution < 1.29 is 9.84 Å². The Morgan fingerprint density at radius 1 is 1.79 bits per heavy atom. The predicted octanol–water partition coefficient (Wildman–Crippen LogP) is 2.18. The standard InChI is InChI=1S/C9H12ClNO2S/c1-6-4-9(12,2-3-13-6)7-5-11-8(10)14-7/h5-6,12H,2-4H2,1H3/t6-,9+/m0/s1. The van der Waals surface area contributed by atoms with E-state index in [0.717, 1.165) is 4.88 Å². The van der Waals surface area contributed by atoms with E-state index in [1.807, 2.05) is 6.92 Å². The molecule has 1 aromatic heterocycles. The molecule has 0 amide bonds. The number of ether oxygens (including phenoxy) is 1. The first kappa shape index (κ1) is 10.4. The fraction of sp³-hybridized carbons (Fsp3) is 0.667. The van der Waals surface area contributed by atoms with Crippen LogP contribution in [0.15, 0.2) is 6.20 Å². The van der Waals surface area contributed by atoms with Crippen LogP contribution in [0.1, 0.15) is 24.6 Å². The smallest absolute Gasteiger partial charge is 0.183 e. The lowest BCUT2D eigenvalue weighted by Gasteiger charge is -2.34. The number of aliphatic hydroxyl groups is 1. The molecule has 0 aliphatic carbocycles. The van der Waals surface area contributed by atoms with Crippen molar-refractivity contribution in [3.8, 4) is 0 Å². The first-order valence-electron chi connectivity index (χ1n) is 4.56. The van der Waals surface area contributed by atoms with Crippen molar-refractivity contribution in [3.05, 3.63) is 15.5 Å². The highest BCUT2D eigenvalue weighted by atomic mass is 35.5. The van der Waals surface area contributed by atoms with Gasteiger partial charge < -0.3 is 9.84 Å². The van der Waals surface area contributed by atoms with Crippen LogP contribution in [0.2, 0.25) is 4.47 Å². The highest BCUT2D eigenvalue weighted by molar-refractivity contribution is 7.15. The minimum absolute atomic E-state index is 0.0922. The van der Waals surface area contributed by atoms with Crippen LogP contribution in [0, 0.1) is 0 Å². The second-order valence-electron chi connectivity index (χ2n) is 3.64. The summed E-state index contributed by atoms with van der Waals surface area (Å²) in [5.74, 6) is 0. The topological polar surface area (TPSA) is 42.4 Å². The molecule has 0 bridgehead atoms. The van der Waals surface area contributed by atoms with Gasteiger partial charge in [-0.3, -0.25) is 0 Å². The molecule has 78 valence electrons. The number of hydrogen-bond donors (Lipinski definition) is 1. The van der Waals surface area contributed by atoms with E-state index < -0.39 is 5.60 Å². The molecule has 1 aliphatic heterocycles. The first-order chi connectivity index (χ1) is 6.60.